The zero-order valence-corrected chi connectivity index (χ0v) is 20.6. The van der Waals surface area contributed by atoms with Gasteiger partial charge in [0, 0.05) is 35.5 Å². The molecule has 0 bridgehead atoms. The molecule has 184 valence electrons. The fraction of sp³-hybridized carbons (Fsp3) is 0.276. The quantitative estimate of drug-likeness (QED) is 0.400. The summed E-state index contributed by atoms with van der Waals surface area (Å²) in [6.45, 7) is 2.20. The van der Waals surface area contributed by atoms with E-state index in [4.69, 9.17) is 16.3 Å². The number of hydrazone groups is 1. The molecule has 36 heavy (non-hydrogen) atoms. The lowest BCUT2D eigenvalue weighted by Crippen LogP contribution is -2.57. The Morgan fingerprint density at radius 1 is 0.833 bits per heavy atom. The molecule has 0 spiro atoms. The molecular formula is C29H28ClN3O3. The number of benzene rings is 3. The normalized spacial score (nSPS) is 23.8. The first kappa shape index (κ1) is 24.2. The smallest absolute Gasteiger partial charge is 0.244 e. The van der Waals surface area contributed by atoms with Crippen LogP contribution in [0.3, 0.4) is 0 Å². The van der Waals surface area contributed by atoms with Crippen molar-refractivity contribution in [3.63, 3.8) is 0 Å². The second-order valence-corrected chi connectivity index (χ2v) is 9.53. The van der Waals surface area contributed by atoms with Crippen molar-refractivity contribution in [3.8, 4) is 0 Å². The lowest BCUT2D eigenvalue weighted by Gasteiger charge is -2.52. The number of nitrogens with one attached hydrogen (secondary N) is 1. The average Bonchev–Trinajstić information content (AvgIpc) is 2.91. The van der Waals surface area contributed by atoms with Crippen LogP contribution >= 0.6 is 11.6 Å². The summed E-state index contributed by atoms with van der Waals surface area (Å²) < 4.78 is 5.47. The summed E-state index contributed by atoms with van der Waals surface area (Å²) in [4.78, 5) is 29.3. The number of hydrogen-bond acceptors (Lipinski definition) is 4. The van der Waals surface area contributed by atoms with Crippen molar-refractivity contribution in [2.24, 2.45) is 16.9 Å². The molecule has 2 fully saturated rings. The molecule has 5 rings (SSSR count). The molecule has 2 aliphatic rings. The third kappa shape index (κ3) is 4.92. The number of carbonyl (C=O) groups excluding carboxylic acids is 2. The van der Waals surface area contributed by atoms with Crippen LogP contribution in [0, 0.1) is 11.8 Å². The second-order valence-electron chi connectivity index (χ2n) is 9.12. The topological polar surface area (TPSA) is 71.0 Å². The molecule has 1 aliphatic heterocycles. The first-order valence-electron chi connectivity index (χ1n) is 12.2. The molecule has 1 saturated carbocycles. The van der Waals surface area contributed by atoms with E-state index in [1.807, 2.05) is 83.8 Å². The molecule has 1 N–H and O–H groups in total. The summed E-state index contributed by atoms with van der Waals surface area (Å²) in [5, 5.41) is 4.76. The van der Waals surface area contributed by atoms with Crippen molar-refractivity contribution in [2.45, 2.75) is 11.8 Å². The van der Waals surface area contributed by atoms with Crippen molar-refractivity contribution in [1.82, 2.24) is 10.3 Å². The van der Waals surface area contributed by atoms with Gasteiger partial charge in [0.25, 0.3) is 0 Å². The Morgan fingerprint density at radius 3 is 1.97 bits per heavy atom. The van der Waals surface area contributed by atoms with Crippen LogP contribution in [0.1, 0.15) is 28.5 Å². The molecule has 1 heterocycles. The Kier molecular flexibility index (Phi) is 7.44. The number of carbonyl (C=O) groups is 2. The first-order chi connectivity index (χ1) is 17.6. The van der Waals surface area contributed by atoms with Crippen LogP contribution in [0.25, 0.3) is 0 Å². The number of ether oxygens (including phenoxy) is 1. The third-order valence-corrected chi connectivity index (χ3v) is 7.45. The summed E-state index contributed by atoms with van der Waals surface area (Å²) in [7, 11) is 0. The van der Waals surface area contributed by atoms with Crippen molar-refractivity contribution < 1.29 is 14.3 Å². The Labute approximate surface area is 215 Å². The molecule has 2 atom stereocenters. The van der Waals surface area contributed by atoms with Gasteiger partial charge in [-0.2, -0.15) is 5.10 Å². The van der Waals surface area contributed by atoms with Crippen molar-refractivity contribution in [3.05, 3.63) is 107 Å². The highest BCUT2D eigenvalue weighted by atomic mass is 35.5. The summed E-state index contributed by atoms with van der Waals surface area (Å²) in [6, 6.07) is 27.0. The molecule has 1 saturated heterocycles. The van der Waals surface area contributed by atoms with Gasteiger partial charge in [-0.05, 0) is 17.2 Å². The monoisotopic (exact) mass is 501 g/mol. The molecule has 0 unspecified atom stereocenters. The van der Waals surface area contributed by atoms with Gasteiger partial charge in [0.2, 0.25) is 11.8 Å². The molecule has 2 amide bonds. The summed E-state index contributed by atoms with van der Waals surface area (Å²) in [5.74, 6) is -1.47. The Bertz CT molecular complexity index is 1180. The maximum Gasteiger partial charge on any atom is 0.244 e. The predicted octanol–water partition coefficient (Wildman–Crippen LogP) is 4.46. The summed E-state index contributed by atoms with van der Waals surface area (Å²) >= 11 is 6.22. The van der Waals surface area contributed by atoms with E-state index in [9.17, 15) is 9.59 Å². The molecule has 0 aromatic heterocycles. The number of rotatable bonds is 6. The summed E-state index contributed by atoms with van der Waals surface area (Å²) in [5.41, 5.74) is 5.40. The molecule has 3 aromatic carbocycles. The van der Waals surface area contributed by atoms with Crippen LogP contribution in [-0.2, 0) is 14.3 Å². The SMILES string of the molecule is O=C(N/N=C\c1ccccc1Cl)C1[C@H](c2ccccc2)C(C(=O)N2CCOCC2)[C@H]1c1ccccc1. The Morgan fingerprint density at radius 2 is 1.39 bits per heavy atom. The molecule has 1 aliphatic carbocycles. The zero-order chi connectivity index (χ0) is 24.9. The predicted molar refractivity (Wildman–Crippen MR) is 140 cm³/mol. The van der Waals surface area contributed by atoms with Crippen molar-refractivity contribution in [2.75, 3.05) is 26.3 Å². The largest absolute Gasteiger partial charge is 0.378 e. The van der Waals surface area contributed by atoms with Gasteiger partial charge in [-0.1, -0.05) is 90.5 Å². The maximum absolute atomic E-state index is 13.8. The van der Waals surface area contributed by atoms with E-state index < -0.39 is 5.92 Å². The van der Waals surface area contributed by atoms with Gasteiger partial charge in [-0.3, -0.25) is 9.59 Å². The minimum Gasteiger partial charge on any atom is -0.378 e. The van der Waals surface area contributed by atoms with Gasteiger partial charge >= 0.3 is 0 Å². The van der Waals surface area contributed by atoms with E-state index in [0.717, 1.165) is 11.1 Å². The average molecular weight is 502 g/mol. The van der Waals surface area contributed by atoms with Crippen molar-refractivity contribution >= 4 is 29.6 Å². The number of amides is 2. The third-order valence-electron chi connectivity index (χ3n) is 7.11. The number of halogens is 1. The van der Waals surface area contributed by atoms with Gasteiger partial charge in [0.15, 0.2) is 0 Å². The molecular weight excluding hydrogens is 474 g/mol. The number of nitrogens with zero attached hydrogens (tertiary/aromatic N) is 2. The number of hydrogen-bond donors (Lipinski definition) is 1. The van der Waals surface area contributed by atoms with Crippen LogP contribution in [0.5, 0.6) is 0 Å². The maximum atomic E-state index is 13.8. The van der Waals surface area contributed by atoms with E-state index in [1.165, 1.54) is 0 Å². The zero-order valence-electron chi connectivity index (χ0n) is 19.8. The van der Waals surface area contributed by atoms with E-state index in [1.54, 1.807) is 12.3 Å². The lowest BCUT2D eigenvalue weighted by molar-refractivity contribution is -0.151. The van der Waals surface area contributed by atoms with Crippen LogP contribution in [0.4, 0.5) is 0 Å². The molecule has 0 radical (unpaired) electrons. The second kappa shape index (κ2) is 11.1. The fourth-order valence-corrected chi connectivity index (χ4v) is 5.56. The van der Waals surface area contributed by atoms with Gasteiger partial charge in [-0.15, -0.1) is 0 Å². The molecule has 7 heteroatoms. The lowest BCUT2D eigenvalue weighted by atomic mass is 9.51. The minimum absolute atomic E-state index is 0.0737. The fourth-order valence-electron chi connectivity index (χ4n) is 5.38. The number of morpholine rings is 1. The minimum atomic E-state index is -0.451. The van der Waals surface area contributed by atoms with E-state index >= 15 is 0 Å². The van der Waals surface area contributed by atoms with E-state index in [0.29, 0.717) is 36.9 Å². The van der Waals surface area contributed by atoms with Gasteiger partial charge < -0.3 is 9.64 Å². The Balaban J connectivity index is 1.47. The highest BCUT2D eigenvalue weighted by Gasteiger charge is 2.58. The van der Waals surface area contributed by atoms with Crippen molar-refractivity contribution in [1.29, 1.82) is 0 Å². The van der Waals surface area contributed by atoms with Crippen LogP contribution in [0.15, 0.2) is 90.0 Å². The van der Waals surface area contributed by atoms with Gasteiger partial charge in [0.05, 0.1) is 31.3 Å². The first-order valence-corrected chi connectivity index (χ1v) is 12.6. The van der Waals surface area contributed by atoms with E-state index in [2.05, 4.69) is 10.5 Å². The Hall–Kier alpha value is -3.48. The van der Waals surface area contributed by atoms with Gasteiger partial charge in [-0.25, -0.2) is 5.43 Å². The molecule has 6 nitrogen and oxygen atoms in total. The van der Waals surface area contributed by atoms with Gasteiger partial charge in [0.1, 0.15) is 0 Å². The highest BCUT2D eigenvalue weighted by Crippen LogP contribution is 2.58. The van der Waals surface area contributed by atoms with E-state index in [-0.39, 0.29) is 29.6 Å². The standard InChI is InChI=1S/C29H28ClN3O3/c30-23-14-8-7-13-22(23)19-31-32-28(34)26-24(20-9-3-1-4-10-20)27(25(26)21-11-5-2-6-12-21)29(35)33-15-17-36-18-16-33/h1-14,19,24-27H,15-18H2,(H,32,34)/b31-19-/t24-,25-,26?,27?/m0/s1. The molecule has 3 aromatic rings. The summed E-state index contributed by atoms with van der Waals surface area (Å²) in [6.07, 6.45) is 1.55. The highest BCUT2D eigenvalue weighted by molar-refractivity contribution is 6.33. The van der Waals surface area contributed by atoms with Crippen LogP contribution < -0.4 is 5.43 Å². The van der Waals surface area contributed by atoms with Crippen LogP contribution in [-0.4, -0.2) is 49.2 Å². The van der Waals surface area contributed by atoms with Crippen LogP contribution in [0.2, 0.25) is 5.02 Å².